The molecule has 0 saturated carbocycles. The SMILES string of the molecule is CCCCCCCSCC(C)C(=O)OCCOC.CCCCCCCSCC(C)C(=O)OCCOC.CCCCCCCSCC(C)C(=O)OCCOC(=O)CCN(CC=O)CCCN(C)CCCN(CC=O)CCC.CCCCCCCSCC(C)C(=O)OCCOC=O. The predicted octanol–water partition coefficient (Wildman–Crippen LogP) is 14.0. The summed E-state index contributed by atoms with van der Waals surface area (Å²) >= 11 is 7.30. The van der Waals surface area contributed by atoms with Crippen molar-refractivity contribution >= 4 is 95.9 Å². The van der Waals surface area contributed by atoms with Crippen LogP contribution in [0.3, 0.4) is 0 Å². The Morgan fingerprint density at radius 3 is 0.968 bits per heavy atom. The van der Waals surface area contributed by atoms with Crippen molar-refractivity contribution in [2.75, 3.05) is 173 Å². The molecule has 0 radical (unpaired) electrons. The molecule has 0 amide bonds. The lowest BCUT2D eigenvalue weighted by Crippen LogP contribution is -2.33. The molecule has 23 heteroatoms. The fourth-order valence-corrected chi connectivity index (χ4v) is 13.0. The zero-order valence-corrected chi connectivity index (χ0v) is 65.3. The van der Waals surface area contributed by atoms with Crippen molar-refractivity contribution < 1.29 is 76.3 Å². The van der Waals surface area contributed by atoms with Crippen molar-refractivity contribution in [3.8, 4) is 0 Å². The summed E-state index contributed by atoms with van der Waals surface area (Å²) in [6, 6.07) is 0. The molecule has 0 rings (SSSR count). The molecule has 19 nitrogen and oxygen atoms in total. The molecule has 0 aromatic heterocycles. The first-order valence-corrected chi connectivity index (χ1v) is 40.8. The molecule has 0 N–H and O–H groups in total. The summed E-state index contributed by atoms with van der Waals surface area (Å²) in [6.45, 7) is 26.6. The van der Waals surface area contributed by atoms with Crippen LogP contribution in [0.4, 0.5) is 0 Å². The Morgan fingerprint density at radius 2 is 0.663 bits per heavy atom. The number of carbonyl (C=O) groups excluding carboxylic acids is 8. The molecule has 562 valence electrons. The second-order valence-corrected chi connectivity index (χ2v) is 28.7. The van der Waals surface area contributed by atoms with Gasteiger partial charge >= 0.3 is 29.8 Å². The molecular formula is C72H139N3O16S4. The molecule has 0 aliphatic carbocycles. The van der Waals surface area contributed by atoms with Gasteiger partial charge in [0.1, 0.15) is 52.2 Å². The molecule has 0 aromatic carbocycles. The van der Waals surface area contributed by atoms with Crippen LogP contribution >= 0.6 is 47.0 Å². The van der Waals surface area contributed by atoms with E-state index < -0.39 is 0 Å². The topological polar surface area (TPSA) is 220 Å². The fraction of sp³-hybridized carbons (Fsp3) is 0.889. The van der Waals surface area contributed by atoms with Gasteiger partial charge in [0.15, 0.2) is 0 Å². The highest BCUT2D eigenvalue weighted by Gasteiger charge is 2.18. The van der Waals surface area contributed by atoms with Gasteiger partial charge in [-0.3, -0.25) is 38.6 Å². The van der Waals surface area contributed by atoms with Crippen LogP contribution in [-0.2, 0) is 76.3 Å². The maximum absolute atomic E-state index is 12.1. The van der Waals surface area contributed by atoms with Crippen LogP contribution in [0, 0.1) is 23.7 Å². The summed E-state index contributed by atoms with van der Waals surface area (Å²) in [5.74, 6) is 6.40. The van der Waals surface area contributed by atoms with Crippen molar-refractivity contribution in [3.63, 3.8) is 0 Å². The Morgan fingerprint density at radius 1 is 0.358 bits per heavy atom. The summed E-state index contributed by atoms with van der Waals surface area (Å²) < 4.78 is 39.7. The van der Waals surface area contributed by atoms with Crippen molar-refractivity contribution in [2.45, 2.75) is 216 Å². The smallest absolute Gasteiger partial charge is 0.309 e. The second kappa shape index (κ2) is 80.3. The summed E-state index contributed by atoms with van der Waals surface area (Å²) in [5, 5.41) is 0. The van der Waals surface area contributed by atoms with Crippen molar-refractivity contribution in [2.24, 2.45) is 23.7 Å². The molecule has 0 spiro atoms. The summed E-state index contributed by atoms with van der Waals surface area (Å²) in [5.41, 5.74) is 0. The van der Waals surface area contributed by atoms with Gasteiger partial charge in [-0.1, -0.05) is 165 Å². The minimum absolute atomic E-state index is 0.0116. The van der Waals surface area contributed by atoms with Crippen LogP contribution in [0.1, 0.15) is 216 Å². The average Bonchev–Trinajstić information content (AvgIpc) is 3.79. The number of nitrogens with zero attached hydrogens (tertiary/aromatic N) is 3. The second-order valence-electron chi connectivity index (χ2n) is 24.1. The van der Waals surface area contributed by atoms with Gasteiger partial charge in [-0.25, -0.2) is 0 Å². The molecule has 0 aromatic rings. The number of rotatable bonds is 66. The third-order valence-corrected chi connectivity index (χ3v) is 19.9. The van der Waals surface area contributed by atoms with E-state index in [-0.39, 0.29) is 92.9 Å². The van der Waals surface area contributed by atoms with E-state index in [4.69, 9.17) is 33.2 Å². The fourth-order valence-electron chi connectivity index (χ4n) is 8.78. The van der Waals surface area contributed by atoms with Gasteiger partial charge in [-0.15, -0.1) is 0 Å². The van der Waals surface area contributed by atoms with Crippen LogP contribution < -0.4 is 0 Å². The predicted molar refractivity (Wildman–Crippen MR) is 398 cm³/mol. The van der Waals surface area contributed by atoms with Gasteiger partial charge in [0, 0.05) is 43.8 Å². The van der Waals surface area contributed by atoms with E-state index in [2.05, 4.69) is 56.2 Å². The first kappa shape index (κ1) is 98.7. The largest absolute Gasteiger partial charge is 0.464 e. The van der Waals surface area contributed by atoms with Gasteiger partial charge in [0.2, 0.25) is 0 Å². The molecule has 0 aliphatic rings. The lowest BCUT2D eigenvalue weighted by molar-refractivity contribution is -0.154. The first-order chi connectivity index (χ1) is 46.0. The highest BCUT2D eigenvalue weighted by molar-refractivity contribution is 7.99. The van der Waals surface area contributed by atoms with E-state index in [1.165, 1.54) is 128 Å². The van der Waals surface area contributed by atoms with Gasteiger partial charge < -0.3 is 52.4 Å². The zero-order chi connectivity index (χ0) is 71.5. The Bertz CT molecular complexity index is 1690. The molecular weight excluding hydrogens is 1290 g/mol. The van der Waals surface area contributed by atoms with E-state index in [0.29, 0.717) is 46.0 Å². The molecule has 0 bridgehead atoms. The number of aldehydes is 2. The van der Waals surface area contributed by atoms with Crippen molar-refractivity contribution in [3.05, 3.63) is 0 Å². The third kappa shape index (κ3) is 75.4. The maximum atomic E-state index is 12.1. The quantitative estimate of drug-likeness (QED) is 0.0239. The Balaban J connectivity index is -0.000000631. The zero-order valence-electron chi connectivity index (χ0n) is 62.0. The standard InChI is InChI=1S/C30H57N3O6S.C14H26O4S.2C14H28O3S/c1-5-7-8-9-10-26-40-27-28(3)30(37)39-25-24-38-29(36)13-19-33(21-23-35)18-12-16-31(4)15-11-17-32(14-6-2)20-22-34;1-3-4-5-6-7-10-19-11-13(2)14(16)18-9-8-17-12-15;2*1-4-5-6-7-8-11-18-12-13(2)14(15)17-10-9-16-3/h22-23,28H,5-21,24-27H2,1-4H3;12-13H,3-11H2,1-2H3;2*13H,4-12H2,1-3H3. The minimum Gasteiger partial charge on any atom is -0.464 e. The van der Waals surface area contributed by atoms with Gasteiger partial charge in [0.25, 0.3) is 6.47 Å². The summed E-state index contributed by atoms with van der Waals surface area (Å²) in [7, 11) is 5.28. The molecule has 95 heavy (non-hydrogen) atoms. The number of methoxy groups -OCH3 is 2. The van der Waals surface area contributed by atoms with Crippen LogP contribution in [0.2, 0.25) is 0 Å². The van der Waals surface area contributed by atoms with Crippen LogP contribution in [-0.4, -0.2) is 236 Å². The molecule has 0 aliphatic heterocycles. The van der Waals surface area contributed by atoms with Crippen LogP contribution in [0.5, 0.6) is 0 Å². The van der Waals surface area contributed by atoms with Crippen molar-refractivity contribution in [1.29, 1.82) is 0 Å². The Hall–Kier alpha value is -2.64. The van der Waals surface area contributed by atoms with Crippen LogP contribution in [0.15, 0.2) is 0 Å². The van der Waals surface area contributed by atoms with E-state index in [1.54, 1.807) is 37.7 Å². The number of carbonyl (C=O) groups is 8. The van der Waals surface area contributed by atoms with E-state index in [9.17, 15) is 38.4 Å². The molecule has 0 heterocycles. The van der Waals surface area contributed by atoms with E-state index in [1.807, 2.05) is 56.1 Å². The number of thioether (sulfide) groups is 4. The normalized spacial score (nSPS) is 12.2. The van der Waals surface area contributed by atoms with E-state index in [0.717, 1.165) is 111 Å². The number of unbranched alkanes of at least 4 members (excludes halogenated alkanes) is 16. The molecule has 4 unspecified atom stereocenters. The highest BCUT2D eigenvalue weighted by atomic mass is 32.2. The molecule has 0 fully saturated rings. The maximum Gasteiger partial charge on any atom is 0.309 e. The molecule has 0 saturated heterocycles. The minimum atomic E-state index is -0.359. The van der Waals surface area contributed by atoms with Crippen molar-refractivity contribution in [1.82, 2.24) is 14.7 Å². The average molecular weight is 1430 g/mol. The number of hydrogen-bond acceptors (Lipinski definition) is 23. The first-order valence-electron chi connectivity index (χ1n) is 36.2. The van der Waals surface area contributed by atoms with Gasteiger partial charge in [-0.05, 0) is 108 Å². The Kier molecular flexibility index (Phi) is 83.5. The summed E-state index contributed by atoms with van der Waals surface area (Å²) in [6.07, 6.45) is 30.7. The molecule has 4 atom stereocenters. The lowest BCUT2D eigenvalue weighted by Gasteiger charge is -2.23. The number of esters is 5. The summed E-state index contributed by atoms with van der Waals surface area (Å²) in [4.78, 5) is 97.0. The van der Waals surface area contributed by atoms with Crippen LogP contribution in [0.25, 0.3) is 0 Å². The Labute approximate surface area is 596 Å². The third-order valence-electron chi connectivity index (χ3n) is 14.7. The van der Waals surface area contributed by atoms with E-state index >= 15 is 0 Å². The highest BCUT2D eigenvalue weighted by Crippen LogP contribution is 2.18. The van der Waals surface area contributed by atoms with Gasteiger partial charge in [-0.2, -0.15) is 47.0 Å². The van der Waals surface area contributed by atoms with Gasteiger partial charge in [0.05, 0.1) is 56.4 Å². The lowest BCUT2D eigenvalue weighted by atomic mass is 10.2. The number of ether oxygens (including phenoxy) is 8. The number of hydrogen-bond donors (Lipinski definition) is 0. The monoisotopic (exact) mass is 1430 g/mol.